The third-order valence-corrected chi connectivity index (χ3v) is 20.2. The smallest absolute Gasteiger partial charge is 0.311 e. The van der Waals surface area contributed by atoms with Gasteiger partial charge in [0, 0.05) is 44.3 Å². The number of rotatable bonds is 17. The van der Waals surface area contributed by atoms with Crippen molar-refractivity contribution in [2.75, 3.05) is 52.3 Å². The zero-order chi connectivity index (χ0) is 51.6. The van der Waals surface area contributed by atoms with Crippen molar-refractivity contribution in [3.8, 4) is 0 Å². The fourth-order valence-electron chi connectivity index (χ4n) is 11.5. The van der Waals surface area contributed by atoms with Gasteiger partial charge in [0.15, 0.2) is 6.29 Å². The normalized spacial score (nSPS) is 32.8. The standard InChI is InChI=1S/C57H91N3O9P.HI/c1-13-49-57(8,66)52(63)43(6)60(38-39(2)37-56(7,65)53(41(4)50(61)42(5)54(64)68-49)69-55-51(62)48(59(11)12)36-40(3)67-55)34-24-16-14-15-17-25-35-70(45-26-20-18-21-27-45,46-28-22-19-23-29-46)47-32-30-44(31-33-47)58(9)10;/h18-23,26-33,39-43,48-53,55,61-63,65-66H,13-17,24-25,34-38H2,1-12H3;1H/q+1;/p-1/t39-,40-,41+,42-,43-,48+,49-,50+,51-,52-,53-,55+,56-,57-;/m1./s1. The molecule has 12 nitrogen and oxygen atoms in total. The number of esters is 1. The Bertz CT molecular complexity index is 1970. The lowest BCUT2D eigenvalue weighted by Gasteiger charge is -2.46. The monoisotopic (exact) mass is 1120 g/mol. The highest BCUT2D eigenvalue weighted by Crippen LogP contribution is 2.56. The lowest BCUT2D eigenvalue weighted by Crippen LogP contribution is -3.00. The molecule has 3 aromatic carbocycles. The van der Waals surface area contributed by atoms with Gasteiger partial charge >= 0.3 is 5.97 Å². The van der Waals surface area contributed by atoms with Crippen molar-refractivity contribution in [2.24, 2.45) is 17.8 Å². The van der Waals surface area contributed by atoms with Crippen LogP contribution in [0.1, 0.15) is 113 Å². The van der Waals surface area contributed by atoms with Crippen molar-refractivity contribution >= 4 is 34.8 Å². The molecule has 2 saturated heterocycles. The third-order valence-electron chi connectivity index (χ3n) is 15.7. The van der Waals surface area contributed by atoms with Crippen LogP contribution in [0.5, 0.6) is 0 Å². The summed E-state index contributed by atoms with van der Waals surface area (Å²) in [5, 5.41) is 64.1. The van der Waals surface area contributed by atoms with E-state index in [1.807, 2.05) is 32.8 Å². The number of likely N-dealkylation sites (N-methyl/N-ethyl adjacent to an activating group) is 1. The van der Waals surface area contributed by atoms with Crippen molar-refractivity contribution in [1.82, 2.24) is 9.80 Å². The van der Waals surface area contributed by atoms with Crippen LogP contribution < -0.4 is 44.8 Å². The third kappa shape index (κ3) is 15.2. The van der Waals surface area contributed by atoms with Gasteiger partial charge < -0.3 is 73.5 Å². The number of carbonyl (C=O) groups excluding carboxylic acids is 1. The number of aliphatic hydroxyl groups excluding tert-OH is 3. The molecule has 2 heterocycles. The van der Waals surface area contributed by atoms with E-state index in [1.54, 1.807) is 27.7 Å². The maximum absolute atomic E-state index is 13.8. The van der Waals surface area contributed by atoms with E-state index in [9.17, 15) is 30.3 Å². The number of aliphatic hydroxyl groups is 5. The number of benzene rings is 3. The lowest BCUT2D eigenvalue weighted by atomic mass is 9.78. The number of cyclic esters (lactones) is 1. The summed E-state index contributed by atoms with van der Waals surface area (Å²) in [6.07, 6.45) is 1.27. The number of halogens is 1. The SMILES string of the molecule is CC[C@H]1OC(=O)[C@H](C)[C@@H](O)[C@H](C)[C@@H](O[C@@H]2O[C@H](C)C[C@H](N(C)C)[C@H]2O)[C@](C)(O)C[C@@H](C)CN(CCCCCCCC[P+](c2ccccc2)(c2ccccc2)c2ccc(N(C)C)cc2)[C@H](C)[C@@H](O)[C@]1(C)O.[I-]. The molecule has 3 aromatic rings. The summed E-state index contributed by atoms with van der Waals surface area (Å²) in [4.78, 5) is 20.1. The number of anilines is 1. The molecule has 0 aliphatic carbocycles. The minimum Gasteiger partial charge on any atom is -1.00 e. The van der Waals surface area contributed by atoms with Crippen LogP contribution in [0, 0.1) is 17.8 Å². The maximum atomic E-state index is 13.8. The van der Waals surface area contributed by atoms with Crippen LogP contribution in [0.4, 0.5) is 5.69 Å². The number of unbranched alkanes of at least 4 members (excludes halogenated alkanes) is 5. The molecule has 5 rings (SSSR count). The van der Waals surface area contributed by atoms with Gasteiger partial charge in [0.2, 0.25) is 0 Å². The molecule has 2 aliphatic heterocycles. The summed E-state index contributed by atoms with van der Waals surface area (Å²) in [5.41, 5.74) is -2.17. The van der Waals surface area contributed by atoms with E-state index in [1.165, 1.54) is 28.5 Å². The van der Waals surface area contributed by atoms with Crippen molar-refractivity contribution in [2.45, 2.75) is 179 Å². The average molecular weight is 1120 g/mol. The zero-order valence-electron chi connectivity index (χ0n) is 45.0. The van der Waals surface area contributed by atoms with E-state index in [0.29, 0.717) is 19.5 Å². The first-order valence-electron chi connectivity index (χ1n) is 26.2. The molecular formula is C57H91IN3O9P. The first-order valence-corrected chi connectivity index (χ1v) is 28.2. The van der Waals surface area contributed by atoms with E-state index in [0.717, 1.165) is 44.7 Å². The highest BCUT2D eigenvalue weighted by atomic mass is 127. The van der Waals surface area contributed by atoms with Gasteiger partial charge in [0.1, 0.15) is 47.1 Å². The number of nitrogens with zero attached hydrogens (tertiary/aromatic N) is 3. The average Bonchev–Trinajstić information content (AvgIpc) is 3.33. The number of hydrogen-bond donors (Lipinski definition) is 5. The van der Waals surface area contributed by atoms with E-state index < -0.39 is 79.1 Å². The first-order chi connectivity index (χ1) is 33.1. The van der Waals surface area contributed by atoms with E-state index >= 15 is 0 Å². The zero-order valence-corrected chi connectivity index (χ0v) is 48.1. The lowest BCUT2D eigenvalue weighted by molar-refractivity contribution is -0.299. The van der Waals surface area contributed by atoms with Crippen LogP contribution >= 0.6 is 7.26 Å². The second kappa shape index (κ2) is 27.5. The molecule has 14 heteroatoms. The maximum Gasteiger partial charge on any atom is 0.311 e. The van der Waals surface area contributed by atoms with Crippen LogP contribution in [0.3, 0.4) is 0 Å². The first kappa shape index (κ1) is 61.3. The highest BCUT2D eigenvalue weighted by Gasteiger charge is 2.50. The molecular weight excluding hydrogens is 1030 g/mol. The predicted molar refractivity (Wildman–Crippen MR) is 286 cm³/mol. The minimum absolute atomic E-state index is 0. The topological polar surface area (TPSA) is 156 Å². The van der Waals surface area contributed by atoms with Crippen molar-refractivity contribution in [3.63, 3.8) is 0 Å². The summed E-state index contributed by atoms with van der Waals surface area (Å²) in [6, 6.07) is 30.5. The molecule has 2 aliphatic rings. The molecule has 0 unspecified atom stereocenters. The highest BCUT2D eigenvalue weighted by molar-refractivity contribution is 7.95. The minimum atomic E-state index is -1.95. The Hall–Kier alpha value is -2.27. The number of ether oxygens (including phenoxy) is 3. The molecule has 71 heavy (non-hydrogen) atoms. The van der Waals surface area contributed by atoms with E-state index in [-0.39, 0.29) is 54.9 Å². The Morgan fingerprint density at radius 3 is 1.83 bits per heavy atom. The number of carbonyl (C=O) groups is 1. The molecule has 0 bridgehead atoms. The van der Waals surface area contributed by atoms with Gasteiger partial charge in [-0.1, -0.05) is 76.4 Å². The number of hydrogen-bond acceptors (Lipinski definition) is 12. The molecule has 0 spiro atoms. The molecule has 5 N–H and O–H groups in total. The Morgan fingerprint density at radius 1 is 0.761 bits per heavy atom. The molecule has 400 valence electrons. The molecule has 2 fully saturated rings. The van der Waals surface area contributed by atoms with Crippen LogP contribution in [-0.2, 0) is 19.0 Å². The van der Waals surface area contributed by atoms with Gasteiger partial charge in [0.25, 0.3) is 0 Å². The summed E-state index contributed by atoms with van der Waals surface area (Å²) in [6.45, 7) is 15.3. The van der Waals surface area contributed by atoms with Crippen LogP contribution in [0.25, 0.3) is 0 Å². The summed E-state index contributed by atoms with van der Waals surface area (Å²) in [7, 11) is 6.01. The van der Waals surface area contributed by atoms with Gasteiger partial charge in [-0.2, -0.15) is 0 Å². The van der Waals surface area contributed by atoms with Crippen LogP contribution in [0.15, 0.2) is 84.9 Å². The van der Waals surface area contributed by atoms with Gasteiger partial charge in [-0.05, 0) is 148 Å². The fourth-order valence-corrected chi connectivity index (χ4v) is 15.9. The molecule has 0 aromatic heterocycles. The fraction of sp³-hybridized carbons (Fsp3) is 0.667. The summed E-state index contributed by atoms with van der Waals surface area (Å²) >= 11 is 0. The van der Waals surface area contributed by atoms with Crippen LogP contribution in [0.2, 0.25) is 0 Å². The van der Waals surface area contributed by atoms with Gasteiger partial charge in [0.05, 0.1) is 36.0 Å². The Morgan fingerprint density at radius 2 is 1.30 bits per heavy atom. The van der Waals surface area contributed by atoms with Gasteiger partial charge in [-0.15, -0.1) is 0 Å². The molecule has 0 radical (unpaired) electrons. The second-order valence-corrected chi connectivity index (χ2v) is 25.5. The molecule has 0 amide bonds. The van der Waals surface area contributed by atoms with Crippen molar-refractivity contribution < 1.29 is 68.5 Å². The van der Waals surface area contributed by atoms with Crippen molar-refractivity contribution in [1.29, 1.82) is 0 Å². The van der Waals surface area contributed by atoms with Crippen molar-refractivity contribution in [3.05, 3.63) is 84.9 Å². The largest absolute Gasteiger partial charge is 1.00 e. The quantitative estimate of drug-likeness (QED) is 0.0580. The van der Waals surface area contributed by atoms with E-state index in [2.05, 4.69) is 116 Å². The Labute approximate surface area is 445 Å². The molecule has 14 atom stereocenters. The summed E-state index contributed by atoms with van der Waals surface area (Å²) in [5.74, 6) is -2.76. The Kier molecular flexibility index (Phi) is 23.7. The summed E-state index contributed by atoms with van der Waals surface area (Å²) < 4.78 is 18.7. The Balaban J connectivity index is 0.0000110. The predicted octanol–water partition coefficient (Wildman–Crippen LogP) is 3.75. The van der Waals surface area contributed by atoms with Crippen LogP contribution in [-0.4, -0.2) is 155 Å². The van der Waals surface area contributed by atoms with Gasteiger partial charge in [-0.3, -0.25) is 9.69 Å². The second-order valence-electron chi connectivity index (χ2n) is 21.9. The van der Waals surface area contributed by atoms with E-state index in [4.69, 9.17) is 14.2 Å². The van der Waals surface area contributed by atoms with Gasteiger partial charge in [-0.25, -0.2) is 0 Å². The molecule has 0 saturated carbocycles.